The minimum absolute atomic E-state index is 0.712. The van der Waals surface area contributed by atoms with Crippen molar-refractivity contribution in [1.29, 1.82) is 0 Å². The molecule has 1 N–H and O–H groups in total. The molecular weight excluding hydrogens is 270 g/mol. The Labute approximate surface area is 132 Å². The van der Waals surface area contributed by atoms with Gasteiger partial charge in [-0.2, -0.15) is 0 Å². The molecule has 0 saturated heterocycles. The van der Waals surface area contributed by atoms with Crippen molar-refractivity contribution < 1.29 is 4.74 Å². The molecule has 0 bridgehead atoms. The van der Waals surface area contributed by atoms with Crippen molar-refractivity contribution in [3.8, 4) is 5.75 Å². The number of allylic oxidation sites excluding steroid dienone is 4. The highest BCUT2D eigenvalue weighted by atomic mass is 16.5. The van der Waals surface area contributed by atoms with E-state index in [1.807, 2.05) is 6.08 Å². The van der Waals surface area contributed by atoms with Gasteiger partial charge in [0.05, 0.1) is 5.52 Å². The Bertz CT molecular complexity index is 818. The molecule has 0 radical (unpaired) electrons. The summed E-state index contributed by atoms with van der Waals surface area (Å²) in [6.07, 6.45) is 8.48. The summed E-state index contributed by atoms with van der Waals surface area (Å²) in [7, 11) is 0. The molecule has 22 heavy (non-hydrogen) atoms. The monoisotopic (exact) mass is 293 g/mol. The van der Waals surface area contributed by atoms with Crippen LogP contribution >= 0.6 is 0 Å². The van der Waals surface area contributed by atoms with Crippen molar-refractivity contribution in [3.05, 3.63) is 59.0 Å². The van der Waals surface area contributed by atoms with Gasteiger partial charge in [0.2, 0.25) is 0 Å². The average molecular weight is 293 g/mol. The van der Waals surface area contributed by atoms with Gasteiger partial charge in [-0.3, -0.25) is 0 Å². The predicted octanol–water partition coefficient (Wildman–Crippen LogP) is 5.60. The van der Waals surface area contributed by atoms with E-state index in [1.54, 1.807) is 0 Å². The second kappa shape index (κ2) is 5.53. The summed E-state index contributed by atoms with van der Waals surface area (Å²) >= 11 is 0. The number of nitrogens with one attached hydrogen (secondary N) is 1. The normalized spacial score (nSPS) is 14.4. The molecule has 1 aromatic heterocycles. The van der Waals surface area contributed by atoms with Gasteiger partial charge in [-0.1, -0.05) is 18.7 Å². The van der Waals surface area contributed by atoms with E-state index in [9.17, 15) is 0 Å². The standard InChI is InChI=1S/C20H23NO/c1-6-7-8-9-16-15(5)21-19-14(4)20-17(11-18(16)19)12(2)10-13(3)22-20/h6-7,10-11,21H,3,8-9H2,1-2,4-5H3/b7-6+. The Morgan fingerprint density at radius 2 is 2.05 bits per heavy atom. The number of aryl methyl sites for hydroxylation is 3. The van der Waals surface area contributed by atoms with E-state index in [0.29, 0.717) is 5.76 Å². The Morgan fingerprint density at radius 1 is 1.27 bits per heavy atom. The predicted molar refractivity (Wildman–Crippen MR) is 94.3 cm³/mol. The quantitative estimate of drug-likeness (QED) is 0.732. The molecule has 2 nitrogen and oxygen atoms in total. The van der Waals surface area contributed by atoms with E-state index in [4.69, 9.17) is 4.74 Å². The number of aromatic nitrogens is 1. The fourth-order valence-corrected chi connectivity index (χ4v) is 3.28. The molecule has 0 spiro atoms. The minimum atomic E-state index is 0.712. The van der Waals surface area contributed by atoms with Crippen molar-refractivity contribution >= 4 is 16.5 Å². The Morgan fingerprint density at radius 3 is 2.77 bits per heavy atom. The zero-order valence-corrected chi connectivity index (χ0v) is 13.8. The van der Waals surface area contributed by atoms with Gasteiger partial charge in [0.25, 0.3) is 0 Å². The van der Waals surface area contributed by atoms with E-state index in [2.05, 4.69) is 57.5 Å². The van der Waals surface area contributed by atoms with E-state index in [0.717, 1.165) is 18.6 Å². The molecule has 1 aliphatic rings. The van der Waals surface area contributed by atoms with E-state index >= 15 is 0 Å². The van der Waals surface area contributed by atoms with Crippen LogP contribution in [0.2, 0.25) is 0 Å². The number of aromatic amines is 1. The maximum absolute atomic E-state index is 5.89. The molecule has 2 heterocycles. The smallest absolute Gasteiger partial charge is 0.139 e. The zero-order valence-electron chi connectivity index (χ0n) is 13.8. The number of rotatable bonds is 3. The molecule has 3 rings (SSSR count). The second-order valence-corrected chi connectivity index (χ2v) is 6.03. The minimum Gasteiger partial charge on any atom is -0.457 e. The topological polar surface area (TPSA) is 25.0 Å². The molecule has 0 fully saturated rings. The van der Waals surface area contributed by atoms with E-state index < -0.39 is 0 Å². The van der Waals surface area contributed by atoms with Crippen molar-refractivity contribution in [2.45, 2.75) is 40.5 Å². The van der Waals surface area contributed by atoms with Crippen LogP contribution in [0.3, 0.4) is 0 Å². The van der Waals surface area contributed by atoms with Gasteiger partial charge in [0.1, 0.15) is 11.5 Å². The molecule has 1 aliphatic heterocycles. The zero-order chi connectivity index (χ0) is 15.9. The third kappa shape index (κ3) is 2.29. The van der Waals surface area contributed by atoms with Crippen molar-refractivity contribution in [2.24, 2.45) is 0 Å². The highest BCUT2D eigenvalue weighted by molar-refractivity contribution is 5.94. The van der Waals surface area contributed by atoms with Crippen LogP contribution in [0.4, 0.5) is 0 Å². The first-order valence-corrected chi connectivity index (χ1v) is 7.84. The number of H-pyrrole nitrogens is 1. The van der Waals surface area contributed by atoms with Gasteiger partial charge in [-0.15, -0.1) is 0 Å². The first-order valence-electron chi connectivity index (χ1n) is 7.84. The van der Waals surface area contributed by atoms with Gasteiger partial charge in [-0.25, -0.2) is 0 Å². The average Bonchev–Trinajstić information content (AvgIpc) is 2.78. The molecule has 2 heteroatoms. The summed E-state index contributed by atoms with van der Waals surface area (Å²) in [6, 6.07) is 2.27. The lowest BCUT2D eigenvalue weighted by Gasteiger charge is -2.20. The third-order valence-corrected chi connectivity index (χ3v) is 4.44. The SMILES string of the molecule is C=C1C=C(C)c2cc3c(CC/C=C/C)c(C)[nH]c3c(C)c2O1. The van der Waals surface area contributed by atoms with Crippen LogP contribution in [0, 0.1) is 13.8 Å². The number of hydrogen-bond donors (Lipinski definition) is 1. The summed E-state index contributed by atoms with van der Waals surface area (Å²) in [5.74, 6) is 1.66. The Balaban J connectivity index is 2.20. The lowest BCUT2D eigenvalue weighted by Crippen LogP contribution is -2.03. The third-order valence-electron chi connectivity index (χ3n) is 4.44. The van der Waals surface area contributed by atoms with Crippen LogP contribution in [-0.4, -0.2) is 4.98 Å². The van der Waals surface area contributed by atoms with Gasteiger partial charge < -0.3 is 9.72 Å². The largest absolute Gasteiger partial charge is 0.457 e. The van der Waals surface area contributed by atoms with Crippen LogP contribution < -0.4 is 4.74 Å². The molecule has 0 unspecified atom stereocenters. The van der Waals surface area contributed by atoms with Gasteiger partial charge in [0, 0.05) is 22.2 Å². The maximum atomic E-state index is 5.89. The lowest BCUT2D eigenvalue weighted by atomic mass is 9.95. The maximum Gasteiger partial charge on any atom is 0.139 e. The highest BCUT2D eigenvalue weighted by Crippen LogP contribution is 2.41. The molecule has 0 saturated carbocycles. The molecule has 0 amide bonds. The fourth-order valence-electron chi connectivity index (χ4n) is 3.28. The van der Waals surface area contributed by atoms with Crippen LogP contribution in [0.1, 0.15) is 42.7 Å². The van der Waals surface area contributed by atoms with Crippen LogP contribution in [0.25, 0.3) is 16.5 Å². The molecule has 0 atom stereocenters. The molecule has 1 aromatic carbocycles. The molecule has 114 valence electrons. The van der Waals surface area contributed by atoms with Gasteiger partial charge in [0.15, 0.2) is 0 Å². The summed E-state index contributed by atoms with van der Waals surface area (Å²) in [5.41, 5.74) is 7.43. The first-order chi connectivity index (χ1) is 10.5. The van der Waals surface area contributed by atoms with Gasteiger partial charge >= 0.3 is 0 Å². The van der Waals surface area contributed by atoms with Crippen LogP contribution in [0.5, 0.6) is 5.75 Å². The summed E-state index contributed by atoms with van der Waals surface area (Å²) in [5, 5.41) is 1.32. The van der Waals surface area contributed by atoms with Crippen molar-refractivity contribution in [1.82, 2.24) is 4.98 Å². The summed E-state index contributed by atoms with van der Waals surface area (Å²) < 4.78 is 5.89. The van der Waals surface area contributed by atoms with Crippen LogP contribution in [-0.2, 0) is 6.42 Å². The number of fused-ring (bicyclic) bond motifs is 2. The molecule has 0 aliphatic carbocycles. The van der Waals surface area contributed by atoms with E-state index in [-0.39, 0.29) is 0 Å². The summed E-state index contributed by atoms with van der Waals surface area (Å²) in [4.78, 5) is 3.55. The Hall–Kier alpha value is -2.22. The number of ether oxygens (including phenoxy) is 1. The lowest BCUT2D eigenvalue weighted by molar-refractivity contribution is 0.438. The van der Waals surface area contributed by atoms with Crippen LogP contribution in [0.15, 0.2) is 36.6 Å². The highest BCUT2D eigenvalue weighted by Gasteiger charge is 2.21. The van der Waals surface area contributed by atoms with Gasteiger partial charge in [-0.05, 0) is 63.8 Å². The molecule has 2 aromatic rings. The second-order valence-electron chi connectivity index (χ2n) is 6.03. The fraction of sp³-hybridized carbons (Fsp3) is 0.300. The van der Waals surface area contributed by atoms with Crippen molar-refractivity contribution in [2.75, 3.05) is 0 Å². The Kier molecular flexibility index (Phi) is 3.69. The molecular formula is C20H23NO. The van der Waals surface area contributed by atoms with Crippen molar-refractivity contribution in [3.63, 3.8) is 0 Å². The van der Waals surface area contributed by atoms with E-state index in [1.165, 1.54) is 38.9 Å². The number of hydrogen-bond acceptors (Lipinski definition) is 1. The summed E-state index contributed by atoms with van der Waals surface area (Å²) in [6.45, 7) is 12.4. The number of benzene rings is 1. The first kappa shape index (κ1) is 14.7.